The van der Waals surface area contributed by atoms with Crippen LogP contribution in [0.2, 0.25) is 10.0 Å². The number of urea groups is 1. The average Bonchev–Trinajstić information content (AvgIpc) is 3.02. The van der Waals surface area contributed by atoms with Gasteiger partial charge in [-0.1, -0.05) is 36.7 Å². The van der Waals surface area contributed by atoms with Crippen LogP contribution >= 0.6 is 23.2 Å². The number of carbonyl (C=O) groups excluding carboxylic acids is 2. The molecule has 0 spiro atoms. The Kier molecular flexibility index (Phi) is 10.5. The van der Waals surface area contributed by atoms with E-state index in [-0.39, 0.29) is 27.5 Å². The first-order chi connectivity index (χ1) is 20.7. The average molecular weight is 630 g/mol. The minimum atomic E-state index is -0.574. The Bertz CT molecular complexity index is 1470. The van der Waals surface area contributed by atoms with Gasteiger partial charge in [-0.05, 0) is 30.8 Å². The largest absolute Gasteiger partial charge is 0.495 e. The Labute approximate surface area is 260 Å². The molecule has 1 aromatic heterocycles. The van der Waals surface area contributed by atoms with Gasteiger partial charge in [0.25, 0.3) is 0 Å². The first-order valence-electron chi connectivity index (χ1n) is 13.5. The number of anilines is 6. The molecule has 228 valence electrons. The Balaban J connectivity index is 1.54. The van der Waals surface area contributed by atoms with Crippen LogP contribution in [-0.2, 0) is 4.79 Å². The number of hydrogen-bond donors (Lipinski definition) is 3. The Morgan fingerprint density at radius 3 is 2.23 bits per heavy atom. The fraction of sp³-hybridized carbons (Fsp3) is 0.310. The third-order valence-electron chi connectivity index (χ3n) is 6.99. The number of benzene rings is 2. The van der Waals surface area contributed by atoms with Crippen LogP contribution in [0.25, 0.3) is 0 Å². The minimum absolute atomic E-state index is 0.140. The summed E-state index contributed by atoms with van der Waals surface area (Å²) in [5, 5.41) is 9.07. The van der Waals surface area contributed by atoms with Gasteiger partial charge in [0.15, 0.2) is 0 Å². The van der Waals surface area contributed by atoms with Crippen LogP contribution < -0.4 is 35.2 Å². The van der Waals surface area contributed by atoms with Gasteiger partial charge in [-0.2, -0.15) is 0 Å². The zero-order chi connectivity index (χ0) is 31.1. The second-order valence-electron chi connectivity index (χ2n) is 9.50. The Morgan fingerprint density at radius 2 is 1.63 bits per heavy atom. The molecule has 14 heteroatoms. The van der Waals surface area contributed by atoms with Crippen LogP contribution in [0.3, 0.4) is 0 Å². The highest BCUT2D eigenvalue weighted by Crippen LogP contribution is 2.45. The molecule has 0 aliphatic carbocycles. The van der Waals surface area contributed by atoms with E-state index in [1.54, 1.807) is 6.07 Å². The lowest BCUT2D eigenvalue weighted by atomic mass is 10.2. The fourth-order valence-electron chi connectivity index (χ4n) is 4.54. The third kappa shape index (κ3) is 7.39. The van der Waals surface area contributed by atoms with E-state index in [1.165, 1.54) is 44.6 Å². The summed E-state index contributed by atoms with van der Waals surface area (Å²) in [6.45, 7) is 10.5. The summed E-state index contributed by atoms with van der Waals surface area (Å²) >= 11 is 12.9. The van der Waals surface area contributed by atoms with Crippen molar-refractivity contribution in [3.63, 3.8) is 0 Å². The lowest BCUT2D eigenvalue weighted by molar-refractivity contribution is -0.111. The number of nitrogens with zero attached hydrogens (tertiary/aromatic N) is 5. The fourth-order valence-corrected chi connectivity index (χ4v) is 5.30. The van der Waals surface area contributed by atoms with Crippen LogP contribution in [0.1, 0.15) is 6.92 Å². The maximum absolute atomic E-state index is 13.2. The molecule has 0 saturated carbocycles. The monoisotopic (exact) mass is 628 g/mol. The van der Waals surface area contributed by atoms with E-state index in [9.17, 15) is 9.59 Å². The van der Waals surface area contributed by atoms with Gasteiger partial charge in [-0.25, -0.2) is 14.8 Å². The van der Waals surface area contributed by atoms with Crippen molar-refractivity contribution in [2.75, 3.05) is 79.7 Å². The topological polar surface area (TPSA) is 124 Å². The maximum atomic E-state index is 13.2. The van der Waals surface area contributed by atoms with E-state index in [2.05, 4.69) is 49.2 Å². The summed E-state index contributed by atoms with van der Waals surface area (Å²) in [6, 6.07) is 8.29. The number of carbonyl (C=O) groups is 2. The first kappa shape index (κ1) is 31.7. The number of nitrogens with one attached hydrogen (secondary N) is 3. The molecule has 1 aliphatic heterocycles. The molecular formula is C29H34Cl2N8O4. The number of halogens is 2. The highest BCUT2D eigenvalue weighted by atomic mass is 35.5. The van der Waals surface area contributed by atoms with Crippen LogP contribution in [0.15, 0.2) is 49.3 Å². The van der Waals surface area contributed by atoms with E-state index in [0.29, 0.717) is 28.7 Å². The molecular weight excluding hydrogens is 595 g/mol. The van der Waals surface area contributed by atoms with Gasteiger partial charge >= 0.3 is 6.03 Å². The van der Waals surface area contributed by atoms with Crippen molar-refractivity contribution in [2.45, 2.75) is 6.92 Å². The number of likely N-dealkylation sites (N-methyl/N-ethyl adjacent to an activating group) is 1. The molecule has 4 rings (SSSR count). The predicted molar refractivity (Wildman–Crippen MR) is 172 cm³/mol. The van der Waals surface area contributed by atoms with Gasteiger partial charge in [-0.3, -0.25) is 15.0 Å². The zero-order valence-electron chi connectivity index (χ0n) is 24.4. The molecule has 0 atom stereocenters. The summed E-state index contributed by atoms with van der Waals surface area (Å²) < 4.78 is 10.6. The summed E-state index contributed by atoms with van der Waals surface area (Å²) in [7, 11) is 4.40. The van der Waals surface area contributed by atoms with Gasteiger partial charge < -0.3 is 29.9 Å². The van der Waals surface area contributed by atoms with Gasteiger partial charge in [0.05, 0.1) is 31.3 Å². The molecule has 3 N–H and O–H groups in total. The summed E-state index contributed by atoms with van der Waals surface area (Å²) in [4.78, 5) is 39.8. The van der Waals surface area contributed by atoms with Crippen molar-refractivity contribution in [2.24, 2.45) is 0 Å². The number of ether oxygens (including phenoxy) is 2. The van der Waals surface area contributed by atoms with Crippen LogP contribution in [-0.4, -0.2) is 80.8 Å². The van der Waals surface area contributed by atoms with Crippen molar-refractivity contribution in [3.05, 3.63) is 59.4 Å². The second kappa shape index (κ2) is 14.3. The van der Waals surface area contributed by atoms with Gasteiger partial charge in [0.1, 0.15) is 39.5 Å². The highest BCUT2D eigenvalue weighted by molar-refractivity contribution is 6.42. The third-order valence-corrected chi connectivity index (χ3v) is 7.72. The molecule has 2 heterocycles. The zero-order valence-corrected chi connectivity index (χ0v) is 25.9. The molecule has 0 unspecified atom stereocenters. The molecule has 3 amide bonds. The van der Waals surface area contributed by atoms with Gasteiger partial charge in [0, 0.05) is 51.0 Å². The number of aromatic nitrogens is 2. The lowest BCUT2D eigenvalue weighted by Gasteiger charge is -2.35. The summed E-state index contributed by atoms with van der Waals surface area (Å²) in [5.41, 5.74) is 2.34. The van der Waals surface area contributed by atoms with Crippen LogP contribution in [0.5, 0.6) is 11.5 Å². The lowest BCUT2D eigenvalue weighted by Crippen LogP contribution is -2.46. The number of piperazine rings is 1. The van der Waals surface area contributed by atoms with Crippen molar-refractivity contribution in [1.29, 1.82) is 0 Å². The van der Waals surface area contributed by atoms with E-state index in [1.807, 2.05) is 18.2 Å². The highest BCUT2D eigenvalue weighted by Gasteiger charge is 2.24. The number of methoxy groups -OCH3 is 2. The molecule has 2 aromatic carbocycles. The Morgan fingerprint density at radius 1 is 0.977 bits per heavy atom. The summed E-state index contributed by atoms with van der Waals surface area (Å²) in [6.07, 6.45) is 2.51. The minimum Gasteiger partial charge on any atom is -0.495 e. The van der Waals surface area contributed by atoms with Crippen molar-refractivity contribution in [3.8, 4) is 11.5 Å². The molecule has 1 fully saturated rings. The first-order valence-corrected chi connectivity index (χ1v) is 14.2. The normalized spacial score (nSPS) is 13.2. The molecule has 1 aliphatic rings. The molecule has 1 saturated heterocycles. The standard InChI is InChI=1S/C29H34Cl2N8O4/c1-6-25(40)35-20-14-18(39-12-10-38(7-2)11-13-39)8-9-19(20)34-23-16-24(33-17-32-23)36-29(41)37(3)28-26(30)21(42-4)15-22(43-5)27(28)31/h6,8-9,14-17H,1,7,10-13H2,2-5H3,(H,35,40)(H2,32,33,34,36,41). The van der Waals surface area contributed by atoms with E-state index in [0.717, 1.165) is 38.4 Å². The van der Waals surface area contributed by atoms with E-state index >= 15 is 0 Å². The molecule has 43 heavy (non-hydrogen) atoms. The number of rotatable bonds is 10. The molecule has 0 radical (unpaired) electrons. The van der Waals surface area contributed by atoms with E-state index in [4.69, 9.17) is 32.7 Å². The number of hydrogen-bond acceptors (Lipinski definition) is 9. The van der Waals surface area contributed by atoms with Crippen molar-refractivity contribution >= 4 is 69.5 Å². The quantitative estimate of drug-likeness (QED) is 0.250. The van der Waals surface area contributed by atoms with Gasteiger partial charge in [0.2, 0.25) is 5.91 Å². The number of amides is 3. The smallest absolute Gasteiger partial charge is 0.327 e. The summed E-state index contributed by atoms with van der Waals surface area (Å²) in [5.74, 6) is 0.824. The second-order valence-corrected chi connectivity index (χ2v) is 10.3. The van der Waals surface area contributed by atoms with Crippen LogP contribution in [0.4, 0.5) is 39.2 Å². The SMILES string of the molecule is C=CC(=O)Nc1cc(N2CCN(CC)CC2)ccc1Nc1cc(NC(=O)N(C)c2c(Cl)c(OC)cc(OC)c2Cl)ncn1. The van der Waals surface area contributed by atoms with Gasteiger partial charge in [-0.15, -0.1) is 0 Å². The predicted octanol–water partition coefficient (Wildman–Crippen LogP) is 5.48. The van der Waals surface area contributed by atoms with Crippen molar-refractivity contribution in [1.82, 2.24) is 14.9 Å². The van der Waals surface area contributed by atoms with Crippen LogP contribution in [0, 0.1) is 0 Å². The maximum Gasteiger partial charge on any atom is 0.327 e. The molecule has 0 bridgehead atoms. The Hall–Kier alpha value is -4.26. The van der Waals surface area contributed by atoms with E-state index < -0.39 is 6.03 Å². The molecule has 3 aromatic rings. The molecule has 12 nitrogen and oxygen atoms in total. The van der Waals surface area contributed by atoms with Crippen molar-refractivity contribution < 1.29 is 19.1 Å².